The fourth-order valence-electron chi connectivity index (χ4n) is 1.63. The molecule has 0 aliphatic heterocycles. The number of carbonyl (C=O) groups excluding carboxylic acids is 1. The van der Waals surface area contributed by atoms with Gasteiger partial charge in [0, 0.05) is 6.54 Å². The maximum atomic E-state index is 11.4. The summed E-state index contributed by atoms with van der Waals surface area (Å²) in [7, 11) is 0. The van der Waals surface area contributed by atoms with Crippen molar-refractivity contribution in [2.24, 2.45) is 0 Å². The number of halogens is 1. The van der Waals surface area contributed by atoms with Crippen LogP contribution < -0.4 is 10.1 Å². The van der Waals surface area contributed by atoms with Gasteiger partial charge in [0.15, 0.2) is 0 Å². The molecular formula is C15H22BrNO4. The molecular weight excluding hydrogens is 338 g/mol. The molecule has 0 saturated heterocycles. The van der Waals surface area contributed by atoms with Crippen molar-refractivity contribution < 1.29 is 19.4 Å². The molecule has 0 aliphatic rings. The van der Waals surface area contributed by atoms with E-state index in [1.54, 1.807) is 13.8 Å². The van der Waals surface area contributed by atoms with E-state index in [9.17, 15) is 9.90 Å². The lowest BCUT2D eigenvalue weighted by Crippen LogP contribution is -2.41. The van der Waals surface area contributed by atoms with Gasteiger partial charge in [-0.2, -0.15) is 0 Å². The molecule has 2 atom stereocenters. The summed E-state index contributed by atoms with van der Waals surface area (Å²) in [5.41, 5.74) is 1.12. The SMILES string of the molecule is CCOC(=O)C(C)NCC(O)COc1ccc(C)cc1Br. The molecule has 0 heterocycles. The monoisotopic (exact) mass is 359 g/mol. The van der Waals surface area contributed by atoms with E-state index in [0.717, 1.165) is 10.0 Å². The topological polar surface area (TPSA) is 67.8 Å². The number of rotatable bonds is 8. The molecule has 0 aromatic heterocycles. The molecule has 1 rings (SSSR count). The number of esters is 1. The van der Waals surface area contributed by atoms with Crippen LogP contribution >= 0.6 is 15.9 Å². The van der Waals surface area contributed by atoms with Crippen molar-refractivity contribution in [1.82, 2.24) is 5.32 Å². The summed E-state index contributed by atoms with van der Waals surface area (Å²) in [6.45, 7) is 6.19. The van der Waals surface area contributed by atoms with E-state index in [4.69, 9.17) is 9.47 Å². The summed E-state index contributed by atoms with van der Waals surface area (Å²) in [6, 6.07) is 5.28. The average Bonchev–Trinajstić information content (AvgIpc) is 2.44. The van der Waals surface area contributed by atoms with Gasteiger partial charge in [-0.05, 0) is 54.4 Å². The van der Waals surface area contributed by atoms with Gasteiger partial charge >= 0.3 is 5.97 Å². The fourth-order valence-corrected chi connectivity index (χ4v) is 2.24. The Bertz CT molecular complexity index is 467. The minimum atomic E-state index is -0.713. The molecule has 2 unspecified atom stereocenters. The largest absolute Gasteiger partial charge is 0.490 e. The molecule has 1 aromatic rings. The standard InChI is InChI=1S/C15H22BrNO4/c1-4-20-15(19)11(3)17-8-12(18)9-21-14-6-5-10(2)7-13(14)16/h5-7,11-12,17-18H,4,8-9H2,1-3H3. The highest BCUT2D eigenvalue weighted by molar-refractivity contribution is 9.10. The van der Waals surface area contributed by atoms with Gasteiger partial charge in [0.05, 0.1) is 11.1 Å². The Morgan fingerprint density at radius 2 is 2.19 bits per heavy atom. The molecule has 118 valence electrons. The van der Waals surface area contributed by atoms with Gasteiger partial charge in [0.1, 0.15) is 24.5 Å². The number of benzene rings is 1. The average molecular weight is 360 g/mol. The summed E-state index contributed by atoms with van der Waals surface area (Å²) in [4.78, 5) is 11.4. The Hall–Kier alpha value is -1.11. The van der Waals surface area contributed by atoms with Crippen molar-refractivity contribution in [3.05, 3.63) is 28.2 Å². The lowest BCUT2D eigenvalue weighted by atomic mass is 10.2. The highest BCUT2D eigenvalue weighted by atomic mass is 79.9. The van der Waals surface area contributed by atoms with E-state index in [2.05, 4.69) is 21.2 Å². The number of carbonyl (C=O) groups is 1. The van der Waals surface area contributed by atoms with Crippen LogP contribution in [0.3, 0.4) is 0 Å². The van der Waals surface area contributed by atoms with Crippen molar-refractivity contribution in [3.8, 4) is 5.75 Å². The lowest BCUT2D eigenvalue weighted by Gasteiger charge is -2.17. The summed E-state index contributed by atoms with van der Waals surface area (Å²) < 4.78 is 11.3. The predicted octanol–water partition coefficient (Wildman–Crippen LogP) is 2.04. The first-order valence-corrected chi connectivity index (χ1v) is 7.70. The van der Waals surface area contributed by atoms with Crippen molar-refractivity contribution in [2.75, 3.05) is 19.8 Å². The second kappa shape index (κ2) is 9.02. The van der Waals surface area contributed by atoms with Crippen LogP contribution in [0.15, 0.2) is 22.7 Å². The lowest BCUT2D eigenvalue weighted by molar-refractivity contribution is -0.145. The number of ether oxygens (including phenoxy) is 2. The third-order valence-corrected chi connectivity index (χ3v) is 3.44. The third kappa shape index (κ3) is 6.46. The second-order valence-corrected chi connectivity index (χ2v) is 5.64. The highest BCUT2D eigenvalue weighted by Gasteiger charge is 2.15. The van der Waals surface area contributed by atoms with E-state index in [-0.39, 0.29) is 19.1 Å². The first-order valence-electron chi connectivity index (χ1n) is 6.91. The summed E-state index contributed by atoms with van der Waals surface area (Å²) >= 11 is 3.41. The van der Waals surface area contributed by atoms with Crippen LogP contribution in [0.2, 0.25) is 0 Å². The Morgan fingerprint density at radius 3 is 2.81 bits per heavy atom. The molecule has 0 spiro atoms. The summed E-state index contributed by atoms with van der Waals surface area (Å²) in [5.74, 6) is 0.352. The molecule has 0 bridgehead atoms. The Balaban J connectivity index is 2.34. The molecule has 0 radical (unpaired) electrons. The Labute approximate surface area is 133 Å². The zero-order valence-electron chi connectivity index (χ0n) is 12.6. The molecule has 0 saturated carbocycles. The second-order valence-electron chi connectivity index (χ2n) is 4.78. The Morgan fingerprint density at radius 1 is 1.48 bits per heavy atom. The van der Waals surface area contributed by atoms with Crippen LogP contribution in [0.25, 0.3) is 0 Å². The molecule has 6 heteroatoms. The first kappa shape index (κ1) is 17.9. The van der Waals surface area contributed by atoms with Crippen LogP contribution in [-0.4, -0.2) is 43.0 Å². The molecule has 0 aliphatic carbocycles. The van der Waals surface area contributed by atoms with Gasteiger partial charge in [0.25, 0.3) is 0 Å². The van der Waals surface area contributed by atoms with E-state index >= 15 is 0 Å². The van der Waals surface area contributed by atoms with E-state index in [0.29, 0.717) is 12.4 Å². The van der Waals surface area contributed by atoms with Gasteiger partial charge < -0.3 is 19.9 Å². The molecule has 2 N–H and O–H groups in total. The van der Waals surface area contributed by atoms with Gasteiger partial charge in [-0.15, -0.1) is 0 Å². The molecule has 0 amide bonds. The molecule has 0 fully saturated rings. The van der Waals surface area contributed by atoms with Crippen LogP contribution in [0.4, 0.5) is 0 Å². The van der Waals surface area contributed by atoms with Crippen molar-refractivity contribution in [1.29, 1.82) is 0 Å². The summed E-state index contributed by atoms with van der Waals surface area (Å²) in [5, 5.41) is 12.8. The third-order valence-electron chi connectivity index (χ3n) is 2.82. The number of nitrogens with one attached hydrogen (secondary N) is 1. The van der Waals surface area contributed by atoms with E-state index in [1.807, 2.05) is 25.1 Å². The molecule has 21 heavy (non-hydrogen) atoms. The quantitative estimate of drug-likeness (QED) is 0.695. The number of aliphatic hydroxyl groups excluding tert-OH is 1. The number of aryl methyl sites for hydroxylation is 1. The predicted molar refractivity (Wildman–Crippen MR) is 84.5 cm³/mol. The van der Waals surface area contributed by atoms with Crippen LogP contribution in [-0.2, 0) is 9.53 Å². The van der Waals surface area contributed by atoms with Crippen LogP contribution in [0, 0.1) is 6.92 Å². The maximum Gasteiger partial charge on any atom is 0.322 e. The maximum absolute atomic E-state index is 11.4. The zero-order valence-corrected chi connectivity index (χ0v) is 14.1. The smallest absolute Gasteiger partial charge is 0.322 e. The zero-order chi connectivity index (χ0) is 15.8. The van der Waals surface area contributed by atoms with Crippen molar-refractivity contribution >= 4 is 21.9 Å². The minimum absolute atomic E-state index is 0.143. The normalized spacial score (nSPS) is 13.6. The highest BCUT2D eigenvalue weighted by Crippen LogP contribution is 2.25. The van der Waals surface area contributed by atoms with Gasteiger partial charge in [-0.1, -0.05) is 6.07 Å². The number of aliphatic hydroxyl groups is 1. The molecule has 1 aromatic carbocycles. The van der Waals surface area contributed by atoms with Crippen molar-refractivity contribution in [2.45, 2.75) is 32.9 Å². The number of hydrogen-bond donors (Lipinski definition) is 2. The van der Waals surface area contributed by atoms with E-state index < -0.39 is 12.1 Å². The molecule has 5 nitrogen and oxygen atoms in total. The first-order chi connectivity index (χ1) is 9.93. The van der Waals surface area contributed by atoms with Gasteiger partial charge in [-0.3, -0.25) is 4.79 Å². The summed E-state index contributed by atoms with van der Waals surface area (Å²) in [6.07, 6.45) is -0.713. The van der Waals surface area contributed by atoms with Gasteiger partial charge in [0.2, 0.25) is 0 Å². The van der Waals surface area contributed by atoms with Gasteiger partial charge in [-0.25, -0.2) is 0 Å². The Kier molecular flexibility index (Phi) is 7.71. The fraction of sp³-hybridized carbons (Fsp3) is 0.533. The van der Waals surface area contributed by atoms with E-state index in [1.165, 1.54) is 0 Å². The van der Waals surface area contributed by atoms with Crippen LogP contribution in [0.5, 0.6) is 5.75 Å². The number of hydrogen-bond acceptors (Lipinski definition) is 5. The van der Waals surface area contributed by atoms with Crippen LogP contribution in [0.1, 0.15) is 19.4 Å². The van der Waals surface area contributed by atoms with Crippen molar-refractivity contribution in [3.63, 3.8) is 0 Å². The minimum Gasteiger partial charge on any atom is -0.490 e.